The van der Waals surface area contributed by atoms with Crippen LogP contribution in [-0.4, -0.2) is 61.8 Å². The predicted molar refractivity (Wildman–Crippen MR) is 120 cm³/mol. The van der Waals surface area contributed by atoms with Gasteiger partial charge in [0.15, 0.2) is 0 Å². The Labute approximate surface area is 182 Å². The van der Waals surface area contributed by atoms with Crippen molar-refractivity contribution in [1.82, 2.24) is 14.5 Å². The van der Waals surface area contributed by atoms with Crippen LogP contribution in [0.5, 0.6) is 0 Å². The molecule has 2 heterocycles. The molecule has 0 unspecified atom stereocenters. The highest BCUT2D eigenvalue weighted by Crippen LogP contribution is 2.29. The van der Waals surface area contributed by atoms with E-state index in [9.17, 15) is 13.2 Å². The van der Waals surface area contributed by atoms with Gasteiger partial charge < -0.3 is 10.2 Å². The number of amides is 1. The molecule has 7 heteroatoms. The second kappa shape index (κ2) is 9.37. The number of benzene rings is 1. The van der Waals surface area contributed by atoms with E-state index >= 15 is 0 Å². The third-order valence-corrected chi connectivity index (χ3v) is 8.84. The third kappa shape index (κ3) is 5.06. The van der Waals surface area contributed by atoms with Crippen molar-refractivity contribution in [2.45, 2.75) is 77.3 Å². The molecule has 2 fully saturated rings. The highest BCUT2D eigenvalue weighted by molar-refractivity contribution is 7.89. The van der Waals surface area contributed by atoms with E-state index in [0.717, 1.165) is 42.6 Å². The first kappa shape index (κ1) is 23.2. The fraction of sp³-hybridized carbons (Fsp3) is 0.696. The van der Waals surface area contributed by atoms with Gasteiger partial charge >= 0.3 is 0 Å². The number of rotatable bonds is 5. The first-order valence-corrected chi connectivity index (χ1v) is 12.7. The fourth-order valence-corrected chi connectivity index (χ4v) is 6.82. The van der Waals surface area contributed by atoms with Crippen molar-refractivity contribution in [3.05, 3.63) is 28.8 Å². The Morgan fingerprint density at radius 2 is 1.50 bits per heavy atom. The molecule has 0 saturated carbocycles. The van der Waals surface area contributed by atoms with Crippen LogP contribution in [0.25, 0.3) is 0 Å². The fourth-order valence-electron chi connectivity index (χ4n) is 4.94. The van der Waals surface area contributed by atoms with Crippen molar-refractivity contribution in [2.75, 3.05) is 26.2 Å². The minimum absolute atomic E-state index is 0.0951. The van der Waals surface area contributed by atoms with Crippen LogP contribution in [0, 0.1) is 26.7 Å². The molecule has 1 aromatic carbocycles. The van der Waals surface area contributed by atoms with E-state index in [2.05, 4.69) is 24.1 Å². The molecular weight excluding hydrogens is 398 g/mol. The van der Waals surface area contributed by atoms with Crippen molar-refractivity contribution >= 4 is 15.9 Å². The molecule has 0 aromatic heterocycles. The number of nitrogens with one attached hydrogen (secondary N) is 1. The van der Waals surface area contributed by atoms with Gasteiger partial charge in [-0.25, -0.2) is 8.42 Å². The Kier molecular flexibility index (Phi) is 7.25. The summed E-state index contributed by atoms with van der Waals surface area (Å²) in [5.41, 5.74) is 2.65. The molecule has 30 heavy (non-hydrogen) atoms. The Balaban J connectivity index is 1.56. The van der Waals surface area contributed by atoms with Crippen molar-refractivity contribution in [3.8, 4) is 0 Å². The van der Waals surface area contributed by atoms with E-state index in [0.29, 0.717) is 36.9 Å². The van der Waals surface area contributed by atoms with Gasteiger partial charge in [-0.2, -0.15) is 4.31 Å². The van der Waals surface area contributed by atoms with Crippen LogP contribution in [0.1, 0.15) is 56.2 Å². The number of sulfonamides is 1. The van der Waals surface area contributed by atoms with Gasteiger partial charge in [0.25, 0.3) is 0 Å². The number of likely N-dealkylation sites (tertiary alicyclic amines) is 1. The monoisotopic (exact) mass is 435 g/mol. The minimum Gasteiger partial charge on any atom is -0.353 e. The number of aryl methyl sites for hydroxylation is 3. The maximum absolute atomic E-state index is 13.2. The van der Waals surface area contributed by atoms with Gasteiger partial charge in [0.2, 0.25) is 15.9 Å². The lowest BCUT2D eigenvalue weighted by molar-refractivity contribution is -0.127. The van der Waals surface area contributed by atoms with Crippen LogP contribution in [0.3, 0.4) is 0 Å². The van der Waals surface area contributed by atoms with Crippen LogP contribution in [-0.2, 0) is 14.8 Å². The number of hydrogen-bond donors (Lipinski definition) is 1. The maximum Gasteiger partial charge on any atom is 0.243 e. The summed E-state index contributed by atoms with van der Waals surface area (Å²) in [5, 5.41) is 3.22. The van der Waals surface area contributed by atoms with E-state index < -0.39 is 10.0 Å². The number of nitrogens with zero attached hydrogens (tertiary/aromatic N) is 2. The molecule has 2 aliphatic rings. The van der Waals surface area contributed by atoms with Crippen LogP contribution in [0.2, 0.25) is 0 Å². The summed E-state index contributed by atoms with van der Waals surface area (Å²) in [7, 11) is -3.53. The van der Waals surface area contributed by atoms with Crippen LogP contribution in [0.4, 0.5) is 0 Å². The number of hydrogen-bond acceptors (Lipinski definition) is 4. The van der Waals surface area contributed by atoms with E-state index in [1.807, 2.05) is 32.9 Å². The lowest BCUT2D eigenvalue weighted by Crippen LogP contribution is -2.49. The van der Waals surface area contributed by atoms with E-state index in [1.165, 1.54) is 0 Å². The topological polar surface area (TPSA) is 69.7 Å². The Bertz CT molecular complexity index is 843. The lowest BCUT2D eigenvalue weighted by atomic mass is 9.95. The van der Waals surface area contributed by atoms with Crippen molar-refractivity contribution in [2.24, 2.45) is 5.92 Å². The third-order valence-electron chi connectivity index (χ3n) is 6.63. The van der Waals surface area contributed by atoms with Gasteiger partial charge in [0.05, 0.1) is 4.90 Å². The number of piperidine rings is 2. The zero-order valence-electron chi connectivity index (χ0n) is 19.1. The van der Waals surface area contributed by atoms with E-state index in [4.69, 9.17) is 0 Å². The molecule has 0 aliphatic carbocycles. The normalized spacial score (nSPS) is 20.6. The van der Waals surface area contributed by atoms with Gasteiger partial charge in [0.1, 0.15) is 0 Å². The lowest BCUT2D eigenvalue weighted by Gasteiger charge is -2.36. The number of carbonyl (C=O) groups is 1. The Morgan fingerprint density at radius 1 is 0.967 bits per heavy atom. The van der Waals surface area contributed by atoms with E-state index in [-0.39, 0.29) is 17.9 Å². The van der Waals surface area contributed by atoms with Gasteiger partial charge in [-0.05, 0) is 71.4 Å². The molecule has 1 N–H and O–H groups in total. The zero-order valence-corrected chi connectivity index (χ0v) is 19.9. The molecule has 1 amide bonds. The molecule has 2 aliphatic heterocycles. The van der Waals surface area contributed by atoms with Gasteiger partial charge in [0, 0.05) is 44.2 Å². The van der Waals surface area contributed by atoms with E-state index in [1.54, 1.807) is 4.31 Å². The minimum atomic E-state index is -3.53. The summed E-state index contributed by atoms with van der Waals surface area (Å²) in [6, 6.07) is 4.64. The largest absolute Gasteiger partial charge is 0.353 e. The van der Waals surface area contributed by atoms with Crippen LogP contribution in [0.15, 0.2) is 17.0 Å². The van der Waals surface area contributed by atoms with Gasteiger partial charge in [-0.15, -0.1) is 0 Å². The smallest absolute Gasteiger partial charge is 0.243 e. The average Bonchev–Trinajstić information content (AvgIpc) is 2.67. The summed E-state index contributed by atoms with van der Waals surface area (Å²) in [6.07, 6.45) is 3.14. The van der Waals surface area contributed by atoms with Crippen molar-refractivity contribution in [1.29, 1.82) is 0 Å². The summed E-state index contributed by atoms with van der Waals surface area (Å²) in [6.45, 7) is 13.0. The summed E-state index contributed by atoms with van der Waals surface area (Å²) in [5.74, 6) is -0.00229. The quantitative estimate of drug-likeness (QED) is 0.772. The molecule has 168 valence electrons. The first-order valence-electron chi connectivity index (χ1n) is 11.2. The molecule has 0 atom stereocenters. The SMILES string of the molecule is Cc1cc(C)c(S(=O)(=O)N2CCC(C(=O)NC3CCN(C(C)C)CC3)CC2)c(C)c1. The van der Waals surface area contributed by atoms with Crippen molar-refractivity contribution in [3.63, 3.8) is 0 Å². The molecule has 3 rings (SSSR count). The highest BCUT2D eigenvalue weighted by Gasteiger charge is 2.34. The van der Waals surface area contributed by atoms with Gasteiger partial charge in [-0.1, -0.05) is 17.7 Å². The Hall–Kier alpha value is -1.44. The van der Waals surface area contributed by atoms with Crippen LogP contribution >= 0.6 is 0 Å². The molecule has 6 nitrogen and oxygen atoms in total. The molecule has 1 aromatic rings. The molecule has 0 bridgehead atoms. The van der Waals surface area contributed by atoms with Crippen molar-refractivity contribution < 1.29 is 13.2 Å². The summed E-state index contributed by atoms with van der Waals surface area (Å²) < 4.78 is 28.0. The summed E-state index contributed by atoms with van der Waals surface area (Å²) in [4.78, 5) is 15.6. The molecule has 0 spiro atoms. The highest BCUT2D eigenvalue weighted by atomic mass is 32.2. The van der Waals surface area contributed by atoms with Crippen LogP contribution < -0.4 is 5.32 Å². The molecular formula is C23H37N3O3S. The standard InChI is InChI=1S/C23H37N3O3S/c1-16(2)25-10-8-21(9-11-25)24-23(27)20-6-12-26(13-7-20)30(28,29)22-18(4)14-17(3)15-19(22)5/h14-16,20-21H,6-13H2,1-5H3,(H,24,27). The first-order chi connectivity index (χ1) is 14.1. The average molecular weight is 436 g/mol. The van der Waals surface area contributed by atoms with Gasteiger partial charge in [-0.3, -0.25) is 4.79 Å². The molecule has 2 saturated heterocycles. The predicted octanol–water partition coefficient (Wildman–Crippen LogP) is 3.00. The Morgan fingerprint density at radius 3 is 2.00 bits per heavy atom. The molecule has 0 radical (unpaired) electrons. The second-order valence-corrected chi connectivity index (χ2v) is 11.2. The summed E-state index contributed by atoms with van der Waals surface area (Å²) >= 11 is 0. The zero-order chi connectivity index (χ0) is 22.1. The number of carbonyl (C=O) groups excluding carboxylic acids is 1. The second-order valence-electron chi connectivity index (χ2n) is 9.32. The maximum atomic E-state index is 13.2.